The summed E-state index contributed by atoms with van der Waals surface area (Å²) in [5, 5.41) is 8.55. The maximum absolute atomic E-state index is 12.7. The normalized spacial score (nSPS) is 19.8. The van der Waals surface area contributed by atoms with Crippen LogP contribution in [0.5, 0.6) is 0 Å². The van der Waals surface area contributed by atoms with Crippen LogP contribution < -0.4 is 0 Å². The topological polar surface area (TPSA) is 95.5 Å². The number of carbonyl (C=O) groups is 1. The fourth-order valence-electron chi connectivity index (χ4n) is 4.43. The van der Waals surface area contributed by atoms with Gasteiger partial charge in [0, 0.05) is 76.7 Å². The van der Waals surface area contributed by atoms with Crippen molar-refractivity contribution >= 4 is 5.91 Å². The van der Waals surface area contributed by atoms with Gasteiger partial charge in [-0.25, -0.2) is 0 Å². The molecule has 0 aliphatic carbocycles. The van der Waals surface area contributed by atoms with Crippen molar-refractivity contribution in [2.45, 2.75) is 56.4 Å². The zero-order chi connectivity index (χ0) is 20.8. The first-order valence-corrected chi connectivity index (χ1v) is 10.9. The second-order valence-electron chi connectivity index (χ2n) is 8.27. The maximum atomic E-state index is 12.7. The van der Waals surface area contributed by atoms with E-state index in [1.807, 2.05) is 17.2 Å². The summed E-state index contributed by atoms with van der Waals surface area (Å²) >= 11 is 0. The van der Waals surface area contributed by atoms with E-state index in [4.69, 9.17) is 19.0 Å². The number of amides is 1. The molecule has 30 heavy (non-hydrogen) atoms. The predicted molar refractivity (Wildman–Crippen MR) is 108 cm³/mol. The molecule has 4 rings (SSSR count). The lowest BCUT2D eigenvalue weighted by molar-refractivity contribution is -0.133. The van der Waals surface area contributed by atoms with E-state index in [0.29, 0.717) is 32.7 Å². The predicted octanol–water partition coefficient (Wildman–Crippen LogP) is 2.15. The number of aryl methyl sites for hydroxylation is 1. The van der Waals surface area contributed by atoms with Gasteiger partial charge in [-0.3, -0.25) is 9.48 Å². The van der Waals surface area contributed by atoms with Crippen LogP contribution in [0.4, 0.5) is 0 Å². The van der Waals surface area contributed by atoms with Crippen LogP contribution in [0.25, 0.3) is 0 Å². The summed E-state index contributed by atoms with van der Waals surface area (Å²) in [4.78, 5) is 19.4. The number of likely N-dealkylation sites (tertiary alicyclic amines) is 1. The molecule has 4 heterocycles. The first kappa shape index (κ1) is 21.0. The molecule has 2 aromatic heterocycles. The summed E-state index contributed by atoms with van der Waals surface area (Å²) in [6, 6.07) is 1.87. The molecule has 2 aromatic rings. The molecule has 0 unspecified atom stereocenters. The molecule has 9 heteroatoms. The van der Waals surface area contributed by atoms with Crippen LogP contribution in [0, 0.1) is 0 Å². The van der Waals surface area contributed by atoms with E-state index in [9.17, 15) is 4.79 Å². The summed E-state index contributed by atoms with van der Waals surface area (Å²) < 4.78 is 18.3. The number of piperidine rings is 1. The highest BCUT2D eigenvalue weighted by atomic mass is 16.5. The van der Waals surface area contributed by atoms with Crippen LogP contribution in [0.2, 0.25) is 0 Å². The molecule has 164 valence electrons. The van der Waals surface area contributed by atoms with Gasteiger partial charge in [-0.05, 0) is 38.2 Å². The number of aromatic nitrogens is 4. The van der Waals surface area contributed by atoms with Crippen LogP contribution >= 0.6 is 0 Å². The summed E-state index contributed by atoms with van der Waals surface area (Å²) in [6.45, 7) is 4.12. The Labute approximate surface area is 176 Å². The molecule has 0 bridgehead atoms. The smallest absolute Gasteiger partial charge is 0.229 e. The minimum Gasteiger partial charge on any atom is -0.385 e. The van der Waals surface area contributed by atoms with E-state index in [0.717, 1.165) is 57.0 Å². The quantitative estimate of drug-likeness (QED) is 0.649. The minimum absolute atomic E-state index is 0.168. The fourth-order valence-corrected chi connectivity index (χ4v) is 4.43. The average Bonchev–Trinajstić information content (AvgIpc) is 3.50. The number of nitrogens with zero attached hydrogens (tertiary/aromatic N) is 5. The third-order valence-electron chi connectivity index (χ3n) is 6.46. The van der Waals surface area contributed by atoms with Crippen molar-refractivity contribution < 1.29 is 18.8 Å². The van der Waals surface area contributed by atoms with Gasteiger partial charge in [0.15, 0.2) is 5.82 Å². The molecule has 2 aliphatic heterocycles. The lowest BCUT2D eigenvalue weighted by Crippen LogP contribution is -2.46. The van der Waals surface area contributed by atoms with E-state index < -0.39 is 0 Å². The summed E-state index contributed by atoms with van der Waals surface area (Å²) in [5.74, 6) is 1.94. The molecule has 0 spiro atoms. The Morgan fingerprint density at radius 1 is 1.30 bits per heavy atom. The Balaban J connectivity index is 1.39. The Hall–Kier alpha value is -2.26. The fraction of sp³-hybridized carbons (Fsp3) is 0.714. The highest BCUT2D eigenvalue weighted by Gasteiger charge is 2.41. The van der Waals surface area contributed by atoms with Crippen molar-refractivity contribution in [3.8, 4) is 0 Å². The Morgan fingerprint density at radius 2 is 2.10 bits per heavy atom. The second-order valence-corrected chi connectivity index (χ2v) is 8.27. The van der Waals surface area contributed by atoms with Gasteiger partial charge in [-0.1, -0.05) is 5.16 Å². The van der Waals surface area contributed by atoms with Crippen LogP contribution in [0.3, 0.4) is 0 Å². The third kappa shape index (κ3) is 4.73. The molecule has 2 fully saturated rings. The van der Waals surface area contributed by atoms with Gasteiger partial charge in [0.25, 0.3) is 0 Å². The van der Waals surface area contributed by atoms with Crippen molar-refractivity contribution in [2.75, 3.05) is 40.0 Å². The number of hydrogen-bond donors (Lipinski definition) is 0. The largest absolute Gasteiger partial charge is 0.385 e. The monoisotopic (exact) mass is 417 g/mol. The van der Waals surface area contributed by atoms with Crippen molar-refractivity contribution in [1.29, 1.82) is 0 Å². The standard InChI is InChI=1S/C21H31N5O4/c1-28-16-8-21(20-23-19(30-24-20)17-4-14-29-15-5-17)6-12-25(13-7-21)18(27)3-11-26-10-2-9-22-26/h2,9-10,17H,3-8,11-16H2,1H3. The first-order valence-electron chi connectivity index (χ1n) is 10.9. The van der Waals surface area contributed by atoms with E-state index in [1.165, 1.54) is 0 Å². The molecule has 0 aromatic carbocycles. The lowest BCUT2D eigenvalue weighted by Gasteiger charge is -2.40. The summed E-state index contributed by atoms with van der Waals surface area (Å²) in [6.07, 6.45) is 8.37. The molecule has 1 amide bonds. The van der Waals surface area contributed by atoms with Gasteiger partial charge in [-0.15, -0.1) is 0 Å². The molecule has 9 nitrogen and oxygen atoms in total. The van der Waals surface area contributed by atoms with Crippen molar-refractivity contribution in [3.05, 3.63) is 30.2 Å². The summed E-state index contributed by atoms with van der Waals surface area (Å²) in [5.41, 5.74) is -0.207. The zero-order valence-electron chi connectivity index (χ0n) is 17.7. The number of ether oxygens (including phenoxy) is 2. The second kappa shape index (κ2) is 9.70. The van der Waals surface area contributed by atoms with Crippen molar-refractivity contribution in [3.63, 3.8) is 0 Å². The maximum Gasteiger partial charge on any atom is 0.229 e. The molecule has 0 saturated carbocycles. The Kier molecular flexibility index (Phi) is 6.79. The SMILES string of the molecule is COCCC1(c2noc(C3CCOCC3)n2)CCN(C(=O)CCn2cccn2)CC1. The highest BCUT2D eigenvalue weighted by Crippen LogP contribution is 2.38. The van der Waals surface area contributed by atoms with Crippen molar-refractivity contribution in [2.24, 2.45) is 0 Å². The highest BCUT2D eigenvalue weighted by molar-refractivity contribution is 5.76. The number of hydrogen-bond acceptors (Lipinski definition) is 7. The Morgan fingerprint density at radius 3 is 2.80 bits per heavy atom. The molecule has 0 atom stereocenters. The molecular formula is C21H31N5O4. The van der Waals surface area contributed by atoms with Crippen LogP contribution in [-0.2, 0) is 26.2 Å². The molecule has 2 aliphatic rings. The Bertz CT molecular complexity index is 792. The minimum atomic E-state index is -0.207. The molecule has 0 radical (unpaired) electrons. The molecular weight excluding hydrogens is 386 g/mol. The van der Waals surface area contributed by atoms with E-state index in [1.54, 1.807) is 18.0 Å². The van der Waals surface area contributed by atoms with Gasteiger partial charge < -0.3 is 18.9 Å². The van der Waals surface area contributed by atoms with Gasteiger partial charge >= 0.3 is 0 Å². The third-order valence-corrected chi connectivity index (χ3v) is 6.46. The van der Waals surface area contributed by atoms with Gasteiger partial charge in [0.2, 0.25) is 11.8 Å². The van der Waals surface area contributed by atoms with Crippen LogP contribution in [-0.4, -0.2) is 70.7 Å². The number of carbonyl (C=O) groups excluding carboxylic acids is 1. The van der Waals surface area contributed by atoms with E-state index in [2.05, 4.69) is 10.3 Å². The first-order chi connectivity index (χ1) is 14.7. The van der Waals surface area contributed by atoms with Crippen LogP contribution in [0.1, 0.15) is 56.2 Å². The summed E-state index contributed by atoms with van der Waals surface area (Å²) in [7, 11) is 1.71. The van der Waals surface area contributed by atoms with Crippen LogP contribution in [0.15, 0.2) is 23.0 Å². The lowest BCUT2D eigenvalue weighted by atomic mass is 9.75. The molecule has 0 N–H and O–H groups in total. The van der Waals surface area contributed by atoms with Gasteiger partial charge in [0.05, 0.1) is 0 Å². The molecule has 2 saturated heterocycles. The number of rotatable bonds is 8. The average molecular weight is 418 g/mol. The van der Waals surface area contributed by atoms with Gasteiger partial charge in [-0.2, -0.15) is 10.1 Å². The van der Waals surface area contributed by atoms with Crippen molar-refractivity contribution in [1.82, 2.24) is 24.8 Å². The zero-order valence-corrected chi connectivity index (χ0v) is 17.7. The van der Waals surface area contributed by atoms with Gasteiger partial charge in [0.1, 0.15) is 0 Å². The van der Waals surface area contributed by atoms with E-state index >= 15 is 0 Å². The number of methoxy groups -OCH3 is 1. The van der Waals surface area contributed by atoms with E-state index in [-0.39, 0.29) is 17.2 Å².